The Morgan fingerprint density at radius 1 is 0.462 bits per heavy atom. The van der Waals surface area contributed by atoms with Crippen LogP contribution in [0.2, 0.25) is 0 Å². The molecule has 1 N–H and O–H groups in total. The Kier molecular flexibility index (Phi) is 55.4. The SMILES string of the molecule is CC/C=C\C/C=C\C/C=C\C/C=C\C/C=C\CCCCCCCC(=O)OC(/C=C/CCCCCCCCCCCC)C(COP(=O)([O-])OCC[N+](C)(C)C)NC(=O)CCCCCCCCCCC/C=C/CCCCCCCC. The molecule has 0 rings (SSSR count). The molecule has 0 aliphatic rings. The lowest BCUT2D eigenvalue weighted by molar-refractivity contribution is -0.870. The summed E-state index contributed by atoms with van der Waals surface area (Å²) in [5, 5.41) is 3.03. The smallest absolute Gasteiger partial charge is 0.306 e. The largest absolute Gasteiger partial charge is 0.756 e. The number of hydrogen-bond donors (Lipinski definition) is 1. The molecule has 10 heteroatoms. The van der Waals surface area contributed by atoms with Crippen molar-refractivity contribution in [3.63, 3.8) is 0 Å². The molecule has 0 saturated heterocycles. The number of phosphoric ester groups is 1. The van der Waals surface area contributed by atoms with Crippen molar-refractivity contribution < 1.29 is 37.3 Å². The Balaban J connectivity index is 5.25. The van der Waals surface area contributed by atoms with E-state index in [4.69, 9.17) is 13.8 Å². The van der Waals surface area contributed by atoms with Crippen molar-refractivity contribution in [2.45, 2.75) is 296 Å². The van der Waals surface area contributed by atoms with Crippen LogP contribution in [0.1, 0.15) is 284 Å². The number of phosphoric acid groups is 1. The molecule has 0 radical (unpaired) electrons. The number of carbonyl (C=O) groups excluding carboxylic acids is 2. The molecule has 0 heterocycles. The minimum Gasteiger partial charge on any atom is -0.756 e. The van der Waals surface area contributed by atoms with Gasteiger partial charge in [0.15, 0.2) is 0 Å². The predicted molar refractivity (Wildman–Crippen MR) is 335 cm³/mol. The van der Waals surface area contributed by atoms with Crippen molar-refractivity contribution in [2.24, 2.45) is 0 Å². The highest BCUT2D eigenvalue weighted by molar-refractivity contribution is 7.45. The number of nitrogens with one attached hydrogen (secondary N) is 1. The van der Waals surface area contributed by atoms with Gasteiger partial charge in [0, 0.05) is 12.8 Å². The van der Waals surface area contributed by atoms with Gasteiger partial charge < -0.3 is 28.5 Å². The molecule has 0 spiro atoms. The molecule has 0 aliphatic carbocycles. The molecule has 0 aliphatic heterocycles. The monoisotopic (exact) mass is 1110 g/mol. The van der Waals surface area contributed by atoms with Gasteiger partial charge in [-0.15, -0.1) is 0 Å². The Labute approximate surface area is 482 Å². The van der Waals surface area contributed by atoms with E-state index in [9.17, 15) is 19.0 Å². The highest BCUT2D eigenvalue weighted by Gasteiger charge is 2.27. The third-order valence-electron chi connectivity index (χ3n) is 14.1. The molecule has 0 aromatic rings. The molecule has 3 atom stereocenters. The maximum atomic E-state index is 13.6. The normalized spacial score (nSPS) is 14.2. The average Bonchev–Trinajstić information content (AvgIpc) is 3.40. The van der Waals surface area contributed by atoms with Gasteiger partial charge in [-0.25, -0.2) is 0 Å². The van der Waals surface area contributed by atoms with Gasteiger partial charge in [0.1, 0.15) is 19.3 Å². The number of nitrogens with zero attached hydrogens (tertiary/aromatic N) is 1. The molecule has 9 nitrogen and oxygen atoms in total. The van der Waals surface area contributed by atoms with Gasteiger partial charge in [-0.3, -0.25) is 14.2 Å². The van der Waals surface area contributed by atoms with Crippen LogP contribution in [0.3, 0.4) is 0 Å². The topological polar surface area (TPSA) is 114 Å². The first-order valence-corrected chi connectivity index (χ1v) is 33.9. The minimum atomic E-state index is -4.71. The lowest BCUT2D eigenvalue weighted by atomic mass is 10.0. The first kappa shape index (κ1) is 75.2. The van der Waals surface area contributed by atoms with Crippen molar-refractivity contribution >= 4 is 19.7 Å². The molecule has 3 unspecified atom stereocenters. The fraction of sp³-hybridized carbons (Fsp3) is 0.765. The number of rotatable bonds is 58. The van der Waals surface area contributed by atoms with Crippen LogP contribution in [0.5, 0.6) is 0 Å². The average molecular weight is 1110 g/mol. The molecule has 0 aromatic carbocycles. The van der Waals surface area contributed by atoms with Crippen LogP contribution in [-0.2, 0) is 27.9 Å². The summed E-state index contributed by atoms with van der Waals surface area (Å²) in [4.78, 5) is 40.1. The van der Waals surface area contributed by atoms with Crippen LogP contribution in [0.25, 0.3) is 0 Å². The first-order chi connectivity index (χ1) is 37.9. The summed E-state index contributed by atoms with van der Waals surface area (Å²) < 4.78 is 30.3. The van der Waals surface area contributed by atoms with Crippen LogP contribution in [0, 0.1) is 0 Å². The van der Waals surface area contributed by atoms with Gasteiger partial charge in [0.2, 0.25) is 5.91 Å². The van der Waals surface area contributed by atoms with Crippen LogP contribution < -0.4 is 10.2 Å². The number of likely N-dealkylation sites (N-methyl/N-ethyl adjacent to an activating group) is 1. The molecule has 0 fully saturated rings. The second kappa shape index (κ2) is 57.4. The molecule has 0 saturated carbocycles. The Morgan fingerprint density at radius 2 is 0.821 bits per heavy atom. The molecule has 78 heavy (non-hydrogen) atoms. The third kappa shape index (κ3) is 57.9. The third-order valence-corrected chi connectivity index (χ3v) is 15.0. The maximum Gasteiger partial charge on any atom is 0.306 e. The zero-order valence-electron chi connectivity index (χ0n) is 51.6. The Bertz CT molecular complexity index is 1610. The van der Waals surface area contributed by atoms with Crippen LogP contribution in [0.4, 0.5) is 0 Å². The van der Waals surface area contributed by atoms with E-state index in [1.807, 2.05) is 33.3 Å². The molecule has 1 amide bonds. The van der Waals surface area contributed by atoms with Gasteiger partial charge in [0.05, 0.1) is 33.8 Å². The van der Waals surface area contributed by atoms with E-state index in [-0.39, 0.29) is 24.9 Å². The van der Waals surface area contributed by atoms with E-state index in [1.54, 1.807) is 0 Å². The fourth-order valence-corrected chi connectivity index (χ4v) is 9.80. The van der Waals surface area contributed by atoms with Gasteiger partial charge in [-0.05, 0) is 102 Å². The zero-order chi connectivity index (χ0) is 57.2. The molecular formula is C68H123N2O7P. The number of unbranched alkanes of at least 4 members (excludes halogenated alkanes) is 30. The number of hydrogen-bond acceptors (Lipinski definition) is 7. The summed E-state index contributed by atoms with van der Waals surface area (Å²) in [6, 6.07) is -0.901. The lowest BCUT2D eigenvalue weighted by Crippen LogP contribution is -2.47. The minimum absolute atomic E-state index is 0.0289. The Morgan fingerprint density at radius 3 is 1.24 bits per heavy atom. The number of carbonyl (C=O) groups is 2. The second-order valence-electron chi connectivity index (χ2n) is 22.9. The number of ether oxygens (including phenoxy) is 1. The highest BCUT2D eigenvalue weighted by Crippen LogP contribution is 2.38. The summed E-state index contributed by atoms with van der Waals surface area (Å²) in [5.74, 6) is -0.563. The summed E-state index contributed by atoms with van der Waals surface area (Å²) in [6.45, 7) is 6.72. The van der Waals surface area contributed by atoms with Crippen LogP contribution >= 0.6 is 7.82 Å². The van der Waals surface area contributed by atoms with E-state index in [0.29, 0.717) is 23.9 Å². The lowest BCUT2D eigenvalue weighted by Gasteiger charge is -2.30. The number of allylic oxidation sites excluding steroid dienone is 13. The summed E-state index contributed by atoms with van der Waals surface area (Å²) in [7, 11) is 1.17. The number of amides is 1. The highest BCUT2D eigenvalue weighted by atomic mass is 31.2. The summed E-state index contributed by atoms with van der Waals surface area (Å²) in [6.07, 6.45) is 75.5. The van der Waals surface area contributed by atoms with Crippen molar-refractivity contribution in [3.8, 4) is 0 Å². The molecular weight excluding hydrogens is 988 g/mol. The van der Waals surface area contributed by atoms with Gasteiger partial charge in [-0.1, -0.05) is 254 Å². The fourth-order valence-electron chi connectivity index (χ4n) is 9.07. The quantitative estimate of drug-likeness (QED) is 0.0212. The molecule has 452 valence electrons. The number of quaternary nitrogens is 1. The van der Waals surface area contributed by atoms with Gasteiger partial charge >= 0.3 is 5.97 Å². The van der Waals surface area contributed by atoms with Gasteiger partial charge in [0.25, 0.3) is 7.82 Å². The molecule has 0 bridgehead atoms. The van der Waals surface area contributed by atoms with E-state index >= 15 is 0 Å². The predicted octanol–water partition coefficient (Wildman–Crippen LogP) is 19.5. The first-order valence-electron chi connectivity index (χ1n) is 32.4. The van der Waals surface area contributed by atoms with E-state index in [1.165, 1.54) is 135 Å². The zero-order valence-corrected chi connectivity index (χ0v) is 52.5. The van der Waals surface area contributed by atoms with E-state index < -0.39 is 26.6 Å². The summed E-state index contributed by atoms with van der Waals surface area (Å²) >= 11 is 0. The van der Waals surface area contributed by atoms with Crippen LogP contribution in [0.15, 0.2) is 85.1 Å². The van der Waals surface area contributed by atoms with Crippen LogP contribution in [-0.4, -0.2) is 69.4 Å². The second-order valence-corrected chi connectivity index (χ2v) is 24.3. The summed E-state index contributed by atoms with van der Waals surface area (Å²) in [5.41, 5.74) is 0. The Hall–Kier alpha value is -2.81. The van der Waals surface area contributed by atoms with Crippen molar-refractivity contribution in [2.75, 3.05) is 40.9 Å². The van der Waals surface area contributed by atoms with Gasteiger partial charge in [-0.2, -0.15) is 0 Å². The standard InChI is InChI=1S/C68H123N2O7P/c1-7-10-13-16-19-22-25-28-30-32-34-35-37-39-41-43-46-49-52-55-58-61-68(72)77-66(59-56-53-50-47-44-27-24-21-18-15-12-9-3)65(64-76-78(73,74)75-63-62-70(4,5)6)69-67(71)60-57-54-51-48-45-42-40-38-36-33-31-29-26-23-20-17-14-11-8-2/h10,13,19,22,28-31,34-35,39,41,56,59,65-66H,7-9,11-12,14-18,20-21,23-27,32-33,36-38,40,42-55,57-58,60-64H2,1-6H3,(H-,69,71,73,74)/b13-10-,22-19-,30-28-,31-29+,35-34-,41-39-,59-56+. The van der Waals surface area contributed by atoms with E-state index in [2.05, 4.69) is 99.0 Å². The van der Waals surface area contributed by atoms with Crippen molar-refractivity contribution in [1.29, 1.82) is 0 Å². The van der Waals surface area contributed by atoms with Crippen molar-refractivity contribution in [1.82, 2.24) is 5.32 Å². The molecule has 0 aromatic heterocycles. The maximum absolute atomic E-state index is 13.6. The number of esters is 1. The van der Waals surface area contributed by atoms with E-state index in [0.717, 1.165) is 109 Å². The van der Waals surface area contributed by atoms with Crippen molar-refractivity contribution in [3.05, 3.63) is 85.1 Å².